The van der Waals surface area contributed by atoms with Gasteiger partial charge in [0.05, 0.1) is 6.10 Å². The lowest BCUT2D eigenvalue weighted by Gasteiger charge is -2.23. The van der Waals surface area contributed by atoms with Crippen LogP contribution in [-0.2, 0) is 4.74 Å². The fourth-order valence-electron chi connectivity index (χ4n) is 2.31. The summed E-state index contributed by atoms with van der Waals surface area (Å²) in [5, 5.41) is 10.6. The number of rotatable bonds is 6. The molecular formula is C18H22O3. The molecule has 2 aromatic carbocycles. The van der Waals surface area contributed by atoms with Gasteiger partial charge in [0, 0.05) is 7.11 Å². The normalized spacial score (nSPS) is 14.0. The van der Waals surface area contributed by atoms with Crippen molar-refractivity contribution in [2.45, 2.75) is 32.2 Å². The summed E-state index contributed by atoms with van der Waals surface area (Å²) >= 11 is 0. The van der Waals surface area contributed by atoms with E-state index in [9.17, 15) is 5.11 Å². The summed E-state index contributed by atoms with van der Waals surface area (Å²) in [7, 11) is 1.61. The zero-order chi connectivity index (χ0) is 15.2. The smallest absolute Gasteiger partial charge is 0.120 e. The van der Waals surface area contributed by atoms with E-state index in [1.807, 2.05) is 68.4 Å². The van der Waals surface area contributed by atoms with Crippen molar-refractivity contribution in [2.24, 2.45) is 0 Å². The van der Waals surface area contributed by atoms with E-state index in [0.29, 0.717) is 0 Å². The molecule has 0 aromatic heterocycles. The van der Waals surface area contributed by atoms with Gasteiger partial charge in [0.2, 0.25) is 0 Å². The molecule has 112 valence electrons. The van der Waals surface area contributed by atoms with Crippen LogP contribution in [0.4, 0.5) is 0 Å². The number of aliphatic hydroxyl groups is 1. The van der Waals surface area contributed by atoms with Crippen molar-refractivity contribution in [2.75, 3.05) is 7.11 Å². The maximum Gasteiger partial charge on any atom is 0.120 e. The van der Waals surface area contributed by atoms with Gasteiger partial charge >= 0.3 is 0 Å². The highest BCUT2D eigenvalue weighted by atomic mass is 16.5. The van der Waals surface area contributed by atoms with Crippen LogP contribution in [0.5, 0.6) is 5.75 Å². The zero-order valence-corrected chi connectivity index (χ0v) is 12.7. The Morgan fingerprint density at radius 3 is 2.19 bits per heavy atom. The van der Waals surface area contributed by atoms with Crippen LogP contribution in [0, 0.1) is 0 Å². The van der Waals surface area contributed by atoms with Gasteiger partial charge in [-0.15, -0.1) is 0 Å². The molecule has 0 aliphatic rings. The Hall–Kier alpha value is -1.84. The van der Waals surface area contributed by atoms with Gasteiger partial charge in [-0.1, -0.05) is 42.5 Å². The minimum atomic E-state index is -0.742. The minimum absolute atomic E-state index is 0.102. The van der Waals surface area contributed by atoms with Gasteiger partial charge in [-0.2, -0.15) is 0 Å². The first-order valence-corrected chi connectivity index (χ1v) is 7.14. The summed E-state index contributed by atoms with van der Waals surface area (Å²) in [5.74, 6) is 0.754. The molecule has 0 saturated heterocycles. The second-order valence-electron chi connectivity index (χ2n) is 5.25. The molecule has 3 nitrogen and oxygen atoms in total. The maximum absolute atomic E-state index is 10.6. The third-order valence-electron chi connectivity index (χ3n) is 3.24. The molecule has 1 N–H and O–H groups in total. The van der Waals surface area contributed by atoms with Gasteiger partial charge < -0.3 is 14.6 Å². The molecule has 21 heavy (non-hydrogen) atoms. The van der Waals surface area contributed by atoms with Crippen LogP contribution in [0.2, 0.25) is 0 Å². The second kappa shape index (κ2) is 7.25. The molecule has 0 aliphatic carbocycles. The van der Waals surface area contributed by atoms with Crippen molar-refractivity contribution in [3.8, 4) is 5.75 Å². The molecule has 0 bridgehead atoms. The van der Waals surface area contributed by atoms with E-state index in [1.165, 1.54) is 0 Å². The molecule has 3 heteroatoms. The Kier molecular flexibility index (Phi) is 5.37. The van der Waals surface area contributed by atoms with Crippen LogP contribution >= 0.6 is 0 Å². The molecule has 0 spiro atoms. The molecule has 0 aliphatic heterocycles. The van der Waals surface area contributed by atoms with E-state index in [1.54, 1.807) is 7.11 Å². The first-order chi connectivity index (χ1) is 10.1. The standard InChI is InChI=1S/C18H22O3/c1-13(2)21-16-11-7-10-15(12-16)17(19)18(20-3)14-8-5-4-6-9-14/h4-13,17-19H,1-3H3. The molecule has 2 unspecified atom stereocenters. The predicted octanol–water partition coefficient (Wildman–Crippen LogP) is 3.89. The molecular weight excluding hydrogens is 264 g/mol. The minimum Gasteiger partial charge on any atom is -0.491 e. The summed E-state index contributed by atoms with van der Waals surface area (Å²) in [6, 6.07) is 17.2. The van der Waals surface area contributed by atoms with Gasteiger partial charge in [0.25, 0.3) is 0 Å². The van der Waals surface area contributed by atoms with Gasteiger partial charge in [0.1, 0.15) is 18.0 Å². The Morgan fingerprint density at radius 1 is 0.905 bits per heavy atom. The van der Waals surface area contributed by atoms with Crippen LogP contribution in [0.3, 0.4) is 0 Å². The average Bonchev–Trinajstić information content (AvgIpc) is 2.48. The fraction of sp³-hybridized carbons (Fsp3) is 0.333. The van der Waals surface area contributed by atoms with Crippen molar-refractivity contribution < 1.29 is 14.6 Å². The summed E-state index contributed by atoms with van der Waals surface area (Å²) in [4.78, 5) is 0. The van der Waals surface area contributed by atoms with Gasteiger partial charge in [-0.25, -0.2) is 0 Å². The summed E-state index contributed by atoms with van der Waals surface area (Å²) in [6.45, 7) is 3.95. The van der Waals surface area contributed by atoms with Crippen LogP contribution < -0.4 is 4.74 Å². The first kappa shape index (κ1) is 15.5. The van der Waals surface area contributed by atoms with Crippen LogP contribution in [0.1, 0.15) is 37.2 Å². The van der Waals surface area contributed by atoms with Gasteiger partial charge in [0.15, 0.2) is 0 Å². The van der Waals surface area contributed by atoms with Crippen molar-refractivity contribution in [1.82, 2.24) is 0 Å². The quantitative estimate of drug-likeness (QED) is 0.875. The highest BCUT2D eigenvalue weighted by Gasteiger charge is 2.22. The van der Waals surface area contributed by atoms with E-state index in [2.05, 4.69) is 0 Å². The Balaban J connectivity index is 2.23. The molecule has 2 rings (SSSR count). The highest BCUT2D eigenvalue weighted by Crippen LogP contribution is 2.32. The Labute approximate surface area is 126 Å². The third kappa shape index (κ3) is 4.06. The average molecular weight is 286 g/mol. The van der Waals surface area contributed by atoms with Crippen LogP contribution in [0.15, 0.2) is 54.6 Å². The lowest BCUT2D eigenvalue weighted by Crippen LogP contribution is -2.13. The third-order valence-corrected chi connectivity index (χ3v) is 3.24. The molecule has 0 saturated carbocycles. The monoisotopic (exact) mass is 286 g/mol. The number of aliphatic hydroxyl groups excluding tert-OH is 1. The topological polar surface area (TPSA) is 38.7 Å². The van der Waals surface area contributed by atoms with Crippen LogP contribution in [-0.4, -0.2) is 18.3 Å². The fourth-order valence-corrected chi connectivity index (χ4v) is 2.31. The number of hydrogen-bond acceptors (Lipinski definition) is 3. The number of benzene rings is 2. The van der Waals surface area contributed by atoms with E-state index in [-0.39, 0.29) is 6.10 Å². The summed E-state index contributed by atoms with van der Waals surface area (Å²) in [6.07, 6.45) is -1.04. The number of methoxy groups -OCH3 is 1. The first-order valence-electron chi connectivity index (χ1n) is 7.14. The largest absolute Gasteiger partial charge is 0.491 e. The SMILES string of the molecule is COC(c1ccccc1)C(O)c1cccc(OC(C)C)c1. The molecule has 2 atom stereocenters. The Bertz CT molecular complexity index is 551. The summed E-state index contributed by atoms with van der Waals surface area (Å²) < 4.78 is 11.2. The van der Waals surface area contributed by atoms with Crippen molar-refractivity contribution in [1.29, 1.82) is 0 Å². The van der Waals surface area contributed by atoms with E-state index >= 15 is 0 Å². The van der Waals surface area contributed by atoms with Gasteiger partial charge in [-0.05, 0) is 37.1 Å². The predicted molar refractivity (Wildman–Crippen MR) is 83.4 cm³/mol. The second-order valence-corrected chi connectivity index (χ2v) is 5.25. The van der Waals surface area contributed by atoms with E-state index < -0.39 is 12.2 Å². The van der Waals surface area contributed by atoms with E-state index in [0.717, 1.165) is 16.9 Å². The van der Waals surface area contributed by atoms with Crippen molar-refractivity contribution in [3.05, 3.63) is 65.7 Å². The Morgan fingerprint density at radius 2 is 1.57 bits per heavy atom. The zero-order valence-electron chi connectivity index (χ0n) is 12.7. The number of hydrogen-bond donors (Lipinski definition) is 1. The molecule has 2 aromatic rings. The number of ether oxygens (including phenoxy) is 2. The molecule has 0 amide bonds. The lowest BCUT2D eigenvalue weighted by atomic mass is 9.98. The van der Waals surface area contributed by atoms with Crippen molar-refractivity contribution >= 4 is 0 Å². The maximum atomic E-state index is 10.6. The van der Waals surface area contributed by atoms with E-state index in [4.69, 9.17) is 9.47 Å². The van der Waals surface area contributed by atoms with Crippen LogP contribution in [0.25, 0.3) is 0 Å². The van der Waals surface area contributed by atoms with Gasteiger partial charge in [-0.3, -0.25) is 0 Å². The van der Waals surface area contributed by atoms with Crippen molar-refractivity contribution in [3.63, 3.8) is 0 Å². The lowest BCUT2D eigenvalue weighted by molar-refractivity contribution is -0.0150. The molecule has 0 radical (unpaired) electrons. The highest BCUT2D eigenvalue weighted by molar-refractivity contribution is 5.32. The summed E-state index contributed by atoms with van der Waals surface area (Å²) in [5.41, 5.74) is 1.73. The molecule has 0 fully saturated rings. The molecule has 0 heterocycles.